The maximum Gasteiger partial charge on any atom is 0.309 e. The molecule has 4 heteroatoms. The number of isocyanates is 1. The van der Waals surface area contributed by atoms with Gasteiger partial charge in [0.15, 0.2) is 0 Å². The van der Waals surface area contributed by atoms with Crippen LogP contribution >= 0.6 is 0 Å². The Balaban J connectivity index is 4.30. The Morgan fingerprint density at radius 3 is 2.35 bits per heavy atom. The van der Waals surface area contributed by atoms with E-state index < -0.39 is 0 Å². The monoisotopic (exact) mass is 241 g/mol. The number of aliphatic imine (C=N–C) groups is 1. The minimum atomic E-state index is -0.198. The zero-order valence-electron chi connectivity index (χ0n) is 11.4. The maximum atomic E-state index is 11.9. The van der Waals surface area contributed by atoms with Crippen LogP contribution in [0.5, 0.6) is 0 Å². The van der Waals surface area contributed by atoms with Gasteiger partial charge >= 0.3 is 5.97 Å². The van der Waals surface area contributed by atoms with Crippen LogP contribution in [0, 0.1) is 17.3 Å². The highest BCUT2D eigenvalue weighted by Gasteiger charge is 2.28. The Morgan fingerprint density at radius 1 is 1.35 bits per heavy atom. The van der Waals surface area contributed by atoms with Crippen molar-refractivity contribution in [2.45, 2.75) is 41.0 Å². The first-order valence-electron chi connectivity index (χ1n) is 5.98. The molecule has 1 atom stereocenters. The van der Waals surface area contributed by atoms with Crippen LogP contribution in [-0.4, -0.2) is 25.2 Å². The van der Waals surface area contributed by atoms with E-state index in [1.54, 1.807) is 0 Å². The van der Waals surface area contributed by atoms with Crippen molar-refractivity contribution in [1.82, 2.24) is 0 Å². The van der Waals surface area contributed by atoms with Gasteiger partial charge in [-0.25, -0.2) is 9.79 Å². The number of carbonyl (C=O) groups is 1. The van der Waals surface area contributed by atoms with Crippen LogP contribution in [0.4, 0.5) is 0 Å². The molecule has 0 aromatic rings. The van der Waals surface area contributed by atoms with Crippen LogP contribution in [0.25, 0.3) is 0 Å². The third-order valence-corrected chi connectivity index (χ3v) is 2.45. The van der Waals surface area contributed by atoms with E-state index in [4.69, 9.17) is 4.74 Å². The average Bonchev–Trinajstić information content (AvgIpc) is 2.19. The van der Waals surface area contributed by atoms with Crippen molar-refractivity contribution in [2.24, 2.45) is 22.2 Å². The minimum absolute atomic E-state index is 0.0922. The molecule has 0 aliphatic rings. The topological polar surface area (TPSA) is 55.7 Å². The Hall–Kier alpha value is -1.15. The van der Waals surface area contributed by atoms with Crippen LogP contribution in [-0.2, 0) is 14.3 Å². The fraction of sp³-hybridized carbons (Fsp3) is 0.846. The van der Waals surface area contributed by atoms with Gasteiger partial charge in [0.05, 0.1) is 12.5 Å². The molecule has 98 valence electrons. The summed E-state index contributed by atoms with van der Waals surface area (Å²) in [4.78, 5) is 25.1. The van der Waals surface area contributed by atoms with E-state index in [1.807, 2.05) is 13.8 Å². The van der Waals surface area contributed by atoms with Crippen LogP contribution in [0.15, 0.2) is 4.99 Å². The van der Waals surface area contributed by atoms with Crippen molar-refractivity contribution in [3.8, 4) is 0 Å². The number of hydrogen-bond donors (Lipinski definition) is 0. The molecule has 0 aromatic carbocycles. The quantitative estimate of drug-likeness (QED) is 0.311. The highest BCUT2D eigenvalue weighted by atomic mass is 16.5. The standard InChI is InChI=1S/C13H23NO3/c1-10(2)11(8-13(3,4)5)12(16)17-7-6-14-9-15/h10-11H,6-8H2,1-5H3/t11-/m0/s1. The summed E-state index contributed by atoms with van der Waals surface area (Å²) in [5.41, 5.74) is 0.0922. The summed E-state index contributed by atoms with van der Waals surface area (Å²) >= 11 is 0. The first-order chi connectivity index (χ1) is 7.78. The van der Waals surface area contributed by atoms with E-state index in [0.29, 0.717) is 0 Å². The Labute approximate surface area is 103 Å². The molecule has 0 bridgehead atoms. The van der Waals surface area contributed by atoms with Gasteiger partial charge in [-0.2, -0.15) is 0 Å². The molecule has 0 radical (unpaired) electrons. The lowest BCUT2D eigenvalue weighted by Gasteiger charge is -2.27. The first-order valence-corrected chi connectivity index (χ1v) is 5.98. The van der Waals surface area contributed by atoms with Crippen LogP contribution in [0.1, 0.15) is 41.0 Å². The second kappa shape index (κ2) is 7.23. The van der Waals surface area contributed by atoms with Crippen LogP contribution in [0.3, 0.4) is 0 Å². The van der Waals surface area contributed by atoms with Gasteiger partial charge in [0.2, 0.25) is 6.08 Å². The SMILES string of the molecule is CC(C)[C@H](CC(C)(C)C)C(=O)OCCN=C=O. The molecule has 0 unspecified atom stereocenters. The maximum absolute atomic E-state index is 11.9. The molecule has 0 aliphatic heterocycles. The summed E-state index contributed by atoms with van der Waals surface area (Å²) < 4.78 is 5.10. The second-order valence-corrected chi connectivity index (χ2v) is 5.76. The Kier molecular flexibility index (Phi) is 6.74. The first kappa shape index (κ1) is 15.9. The summed E-state index contributed by atoms with van der Waals surface area (Å²) in [6.07, 6.45) is 2.21. The average molecular weight is 241 g/mol. The zero-order valence-corrected chi connectivity index (χ0v) is 11.4. The molecule has 0 spiro atoms. The van der Waals surface area contributed by atoms with E-state index in [0.717, 1.165) is 6.42 Å². The fourth-order valence-electron chi connectivity index (χ4n) is 1.60. The Bertz CT molecular complexity index is 286. The van der Waals surface area contributed by atoms with Gasteiger partial charge in [-0.15, -0.1) is 0 Å². The molecule has 0 aromatic heterocycles. The van der Waals surface area contributed by atoms with E-state index in [9.17, 15) is 9.59 Å². The summed E-state index contributed by atoms with van der Waals surface area (Å²) in [5, 5.41) is 0. The Morgan fingerprint density at radius 2 is 1.94 bits per heavy atom. The lowest BCUT2D eigenvalue weighted by atomic mass is 9.80. The molecule has 0 saturated carbocycles. The highest BCUT2D eigenvalue weighted by molar-refractivity contribution is 5.72. The summed E-state index contributed by atoms with van der Waals surface area (Å²) in [7, 11) is 0. The predicted molar refractivity (Wildman–Crippen MR) is 66.3 cm³/mol. The fourth-order valence-corrected chi connectivity index (χ4v) is 1.60. The molecule has 0 rings (SSSR count). The lowest BCUT2D eigenvalue weighted by molar-refractivity contribution is -0.151. The van der Waals surface area contributed by atoms with Gasteiger partial charge in [0, 0.05) is 0 Å². The predicted octanol–water partition coefficient (Wildman–Crippen LogP) is 2.57. The molecule has 0 amide bonds. The van der Waals surface area contributed by atoms with E-state index in [1.165, 1.54) is 6.08 Å². The van der Waals surface area contributed by atoms with Gasteiger partial charge in [-0.05, 0) is 17.8 Å². The third-order valence-electron chi connectivity index (χ3n) is 2.45. The van der Waals surface area contributed by atoms with Gasteiger partial charge in [-0.3, -0.25) is 4.79 Å². The van der Waals surface area contributed by atoms with Gasteiger partial charge in [0.1, 0.15) is 6.61 Å². The van der Waals surface area contributed by atoms with Gasteiger partial charge in [0.25, 0.3) is 0 Å². The normalized spacial score (nSPS) is 13.1. The number of carbonyl (C=O) groups excluding carboxylic acids is 2. The van der Waals surface area contributed by atoms with Crippen LogP contribution < -0.4 is 0 Å². The van der Waals surface area contributed by atoms with Crippen molar-refractivity contribution in [2.75, 3.05) is 13.2 Å². The molecule has 0 aliphatic carbocycles. The lowest BCUT2D eigenvalue weighted by Crippen LogP contribution is -2.28. The smallest absolute Gasteiger partial charge is 0.309 e. The largest absolute Gasteiger partial charge is 0.463 e. The van der Waals surface area contributed by atoms with E-state index in [2.05, 4.69) is 25.8 Å². The molecule has 4 nitrogen and oxygen atoms in total. The number of rotatable bonds is 6. The minimum Gasteiger partial charge on any atom is -0.463 e. The molecule has 0 heterocycles. The summed E-state index contributed by atoms with van der Waals surface area (Å²) in [6, 6.07) is 0. The van der Waals surface area contributed by atoms with Crippen molar-refractivity contribution in [1.29, 1.82) is 0 Å². The third kappa shape index (κ3) is 7.70. The van der Waals surface area contributed by atoms with Crippen molar-refractivity contribution in [3.05, 3.63) is 0 Å². The van der Waals surface area contributed by atoms with Gasteiger partial charge < -0.3 is 4.74 Å². The molecule has 0 fully saturated rings. The molecule has 0 N–H and O–H groups in total. The number of ether oxygens (including phenoxy) is 1. The summed E-state index contributed by atoms with van der Waals surface area (Å²) in [6.45, 7) is 10.7. The van der Waals surface area contributed by atoms with Crippen LogP contribution in [0.2, 0.25) is 0 Å². The molecular weight excluding hydrogens is 218 g/mol. The van der Waals surface area contributed by atoms with Crippen molar-refractivity contribution >= 4 is 12.0 Å². The van der Waals surface area contributed by atoms with E-state index in [-0.39, 0.29) is 36.4 Å². The number of hydrogen-bond acceptors (Lipinski definition) is 4. The molecule has 0 saturated heterocycles. The number of nitrogens with zero attached hydrogens (tertiary/aromatic N) is 1. The second-order valence-electron chi connectivity index (χ2n) is 5.76. The number of esters is 1. The zero-order chi connectivity index (χ0) is 13.5. The molecular formula is C13H23NO3. The van der Waals surface area contributed by atoms with Gasteiger partial charge in [-0.1, -0.05) is 34.6 Å². The van der Waals surface area contributed by atoms with E-state index >= 15 is 0 Å². The van der Waals surface area contributed by atoms with Crippen molar-refractivity contribution in [3.63, 3.8) is 0 Å². The van der Waals surface area contributed by atoms with Crippen molar-refractivity contribution < 1.29 is 14.3 Å². The molecule has 17 heavy (non-hydrogen) atoms. The summed E-state index contributed by atoms with van der Waals surface area (Å²) in [5.74, 6) is -0.0532. The highest BCUT2D eigenvalue weighted by Crippen LogP contribution is 2.29.